The first-order valence-electron chi connectivity index (χ1n) is 5.52. The second-order valence-corrected chi connectivity index (χ2v) is 3.86. The molecule has 0 fully saturated rings. The van der Waals surface area contributed by atoms with Crippen LogP contribution in [0.1, 0.15) is 5.82 Å². The fraction of sp³-hybridized carbons (Fsp3) is 0.182. The number of nitro benzene ring substituents is 1. The fourth-order valence-electron chi connectivity index (χ4n) is 1.61. The lowest BCUT2D eigenvalue weighted by atomic mass is 10.3. The summed E-state index contributed by atoms with van der Waals surface area (Å²) in [5.41, 5.74) is -0.170. The topological polar surface area (TPSA) is 113 Å². The number of nitrogens with zero attached hydrogens (tertiary/aromatic N) is 4. The van der Waals surface area contributed by atoms with Crippen molar-refractivity contribution in [2.45, 2.75) is 6.61 Å². The lowest BCUT2D eigenvalue weighted by Gasteiger charge is -2.04. The van der Waals surface area contributed by atoms with Crippen molar-refractivity contribution in [2.75, 3.05) is 0 Å². The quantitative estimate of drug-likeness (QED) is 0.608. The number of rotatable bonds is 5. The third kappa shape index (κ3) is 2.55. The molecule has 0 aliphatic carbocycles. The molecule has 0 unspecified atom stereocenters. The lowest BCUT2D eigenvalue weighted by molar-refractivity contribution is -0.391. The van der Waals surface area contributed by atoms with E-state index in [9.17, 15) is 20.2 Å². The summed E-state index contributed by atoms with van der Waals surface area (Å²) in [5, 5.41) is 21.5. The zero-order valence-corrected chi connectivity index (χ0v) is 10.4. The fourth-order valence-corrected chi connectivity index (χ4v) is 1.61. The van der Waals surface area contributed by atoms with Crippen LogP contribution >= 0.6 is 0 Å². The lowest BCUT2D eigenvalue weighted by Crippen LogP contribution is -2.06. The Bertz CT molecular complexity index is 667. The van der Waals surface area contributed by atoms with Crippen LogP contribution in [0.4, 0.5) is 11.5 Å². The third-order valence-corrected chi connectivity index (χ3v) is 2.67. The maximum absolute atomic E-state index is 10.8. The highest BCUT2D eigenvalue weighted by Gasteiger charge is 2.19. The Morgan fingerprint density at radius 1 is 1.25 bits per heavy atom. The molecule has 1 aromatic heterocycles. The van der Waals surface area contributed by atoms with Crippen LogP contribution in [0, 0.1) is 20.2 Å². The van der Waals surface area contributed by atoms with Crippen LogP contribution in [0.3, 0.4) is 0 Å². The van der Waals surface area contributed by atoms with E-state index < -0.39 is 9.85 Å². The van der Waals surface area contributed by atoms with E-state index >= 15 is 0 Å². The van der Waals surface area contributed by atoms with E-state index in [2.05, 4.69) is 4.98 Å². The number of nitro groups is 2. The van der Waals surface area contributed by atoms with Crippen molar-refractivity contribution in [1.29, 1.82) is 0 Å². The van der Waals surface area contributed by atoms with E-state index in [1.165, 1.54) is 29.8 Å². The highest BCUT2D eigenvalue weighted by Crippen LogP contribution is 2.26. The van der Waals surface area contributed by atoms with Gasteiger partial charge in [0.15, 0.2) is 12.4 Å². The van der Waals surface area contributed by atoms with Crippen molar-refractivity contribution in [3.8, 4) is 5.75 Å². The van der Waals surface area contributed by atoms with Crippen molar-refractivity contribution >= 4 is 11.5 Å². The molecule has 0 saturated heterocycles. The molecule has 0 atom stereocenters. The van der Waals surface area contributed by atoms with Crippen LogP contribution in [0.2, 0.25) is 0 Å². The summed E-state index contributed by atoms with van der Waals surface area (Å²) in [4.78, 5) is 24.2. The first-order chi connectivity index (χ1) is 9.50. The predicted octanol–water partition coefficient (Wildman–Crippen LogP) is 1.82. The number of imidazole rings is 1. The number of benzene rings is 1. The molecule has 2 aromatic rings. The standard InChI is InChI=1S/C11H10N4O5/c1-13-10(12-6-11(13)15(18)19)7-20-9-5-3-2-4-8(9)14(16)17/h2-6H,7H2,1H3. The van der Waals surface area contributed by atoms with Gasteiger partial charge in [0.1, 0.15) is 6.20 Å². The average molecular weight is 278 g/mol. The highest BCUT2D eigenvalue weighted by atomic mass is 16.6. The largest absolute Gasteiger partial charge is 0.476 e. The van der Waals surface area contributed by atoms with Crippen molar-refractivity contribution in [3.63, 3.8) is 0 Å². The first kappa shape index (κ1) is 13.5. The van der Waals surface area contributed by atoms with Crippen LogP contribution in [0.25, 0.3) is 0 Å². The molecule has 1 heterocycles. The van der Waals surface area contributed by atoms with Crippen LogP contribution in [-0.4, -0.2) is 19.4 Å². The van der Waals surface area contributed by atoms with Crippen molar-refractivity contribution < 1.29 is 14.6 Å². The Morgan fingerprint density at radius 3 is 2.55 bits per heavy atom. The molecular formula is C11H10N4O5. The molecule has 2 rings (SSSR count). The molecule has 1 aromatic carbocycles. The average Bonchev–Trinajstić information content (AvgIpc) is 2.78. The summed E-state index contributed by atoms with van der Waals surface area (Å²) in [6, 6.07) is 5.89. The highest BCUT2D eigenvalue weighted by molar-refractivity contribution is 5.45. The summed E-state index contributed by atoms with van der Waals surface area (Å²) in [6.07, 6.45) is 1.11. The van der Waals surface area contributed by atoms with Gasteiger partial charge in [-0.25, -0.2) is 9.55 Å². The van der Waals surface area contributed by atoms with Crippen LogP contribution < -0.4 is 4.74 Å². The molecule has 0 N–H and O–H groups in total. The molecule has 9 nitrogen and oxygen atoms in total. The van der Waals surface area contributed by atoms with Gasteiger partial charge in [-0.1, -0.05) is 12.1 Å². The molecular weight excluding hydrogens is 268 g/mol. The van der Waals surface area contributed by atoms with Gasteiger partial charge in [-0.3, -0.25) is 10.1 Å². The summed E-state index contributed by atoms with van der Waals surface area (Å²) in [7, 11) is 1.48. The van der Waals surface area contributed by atoms with E-state index in [1.54, 1.807) is 6.07 Å². The smallest absolute Gasteiger partial charge is 0.342 e. The Labute approximate surface area is 112 Å². The van der Waals surface area contributed by atoms with Gasteiger partial charge in [0.05, 0.1) is 12.0 Å². The summed E-state index contributed by atoms with van der Waals surface area (Å²) >= 11 is 0. The van der Waals surface area contributed by atoms with Gasteiger partial charge in [-0.15, -0.1) is 0 Å². The van der Waals surface area contributed by atoms with Gasteiger partial charge in [0.25, 0.3) is 0 Å². The molecule has 0 spiro atoms. The maximum Gasteiger partial charge on any atom is 0.342 e. The number of hydrogen-bond acceptors (Lipinski definition) is 6. The minimum Gasteiger partial charge on any atom is -0.476 e. The molecule has 20 heavy (non-hydrogen) atoms. The Hall–Kier alpha value is -2.97. The second kappa shape index (κ2) is 5.34. The summed E-state index contributed by atoms with van der Waals surface area (Å²) < 4.78 is 6.57. The van der Waals surface area contributed by atoms with Crippen molar-refractivity contribution in [2.24, 2.45) is 7.05 Å². The van der Waals surface area contributed by atoms with Crippen molar-refractivity contribution in [1.82, 2.24) is 9.55 Å². The number of hydrogen-bond donors (Lipinski definition) is 0. The van der Waals surface area contributed by atoms with E-state index in [0.29, 0.717) is 5.82 Å². The zero-order valence-electron chi connectivity index (χ0n) is 10.4. The van der Waals surface area contributed by atoms with E-state index in [0.717, 1.165) is 6.20 Å². The molecule has 0 bridgehead atoms. The van der Waals surface area contributed by atoms with Gasteiger partial charge < -0.3 is 14.9 Å². The molecule has 0 radical (unpaired) electrons. The Morgan fingerprint density at radius 2 is 1.95 bits per heavy atom. The van der Waals surface area contributed by atoms with Gasteiger partial charge in [-0.2, -0.15) is 0 Å². The Balaban J connectivity index is 2.17. The first-order valence-corrected chi connectivity index (χ1v) is 5.52. The SMILES string of the molecule is Cn1c([N+](=O)[O-])cnc1COc1ccccc1[N+](=O)[O-]. The van der Waals surface area contributed by atoms with Gasteiger partial charge in [0.2, 0.25) is 5.82 Å². The molecule has 0 saturated carbocycles. The molecule has 0 aliphatic rings. The molecule has 0 aliphatic heterocycles. The van der Waals surface area contributed by atoms with E-state index in [-0.39, 0.29) is 23.9 Å². The van der Waals surface area contributed by atoms with Crippen molar-refractivity contribution in [3.05, 3.63) is 56.5 Å². The number of ether oxygens (including phenoxy) is 1. The predicted molar refractivity (Wildman–Crippen MR) is 67.3 cm³/mol. The summed E-state index contributed by atoms with van der Waals surface area (Å²) in [5.74, 6) is 0.212. The monoisotopic (exact) mass is 278 g/mol. The van der Waals surface area contributed by atoms with E-state index in [4.69, 9.17) is 4.74 Å². The minimum atomic E-state index is -0.568. The maximum atomic E-state index is 10.8. The van der Waals surface area contributed by atoms with Crippen LogP contribution in [0.5, 0.6) is 5.75 Å². The molecule has 0 amide bonds. The Kier molecular flexibility index (Phi) is 3.60. The zero-order chi connectivity index (χ0) is 14.7. The van der Waals surface area contributed by atoms with Gasteiger partial charge >= 0.3 is 11.5 Å². The normalized spacial score (nSPS) is 10.2. The van der Waals surface area contributed by atoms with Gasteiger partial charge in [0, 0.05) is 6.07 Å². The van der Waals surface area contributed by atoms with Crippen LogP contribution in [0.15, 0.2) is 30.5 Å². The minimum absolute atomic E-state index is 0.0863. The molecule has 9 heteroatoms. The second-order valence-electron chi connectivity index (χ2n) is 3.86. The van der Waals surface area contributed by atoms with E-state index in [1.807, 2.05) is 0 Å². The van der Waals surface area contributed by atoms with Crippen LogP contribution in [-0.2, 0) is 13.7 Å². The summed E-state index contributed by atoms with van der Waals surface area (Å²) in [6.45, 7) is -0.102. The van der Waals surface area contributed by atoms with Gasteiger partial charge in [-0.05, 0) is 11.0 Å². The number of aromatic nitrogens is 2. The number of para-hydroxylation sites is 2. The third-order valence-electron chi connectivity index (χ3n) is 2.67. The molecule has 104 valence electrons.